The van der Waals surface area contributed by atoms with Gasteiger partial charge < -0.3 is 15.0 Å². The molecule has 0 aromatic heterocycles. The third-order valence-electron chi connectivity index (χ3n) is 5.46. The van der Waals surface area contributed by atoms with Crippen LogP contribution in [-0.2, 0) is 32.1 Å². The molecule has 4 rings (SSSR count). The van der Waals surface area contributed by atoms with Crippen LogP contribution in [0, 0.1) is 10.1 Å². The molecule has 2 fully saturated rings. The zero-order valence-electron chi connectivity index (χ0n) is 17.5. The molecule has 2 amide bonds. The van der Waals surface area contributed by atoms with E-state index in [4.69, 9.17) is 4.74 Å². The van der Waals surface area contributed by atoms with Crippen LogP contribution in [0.15, 0.2) is 66.7 Å². The number of amides is 2. The van der Waals surface area contributed by atoms with Gasteiger partial charge in [0.25, 0.3) is 5.69 Å². The molecule has 3 atom stereocenters. The van der Waals surface area contributed by atoms with Crippen LogP contribution in [0.1, 0.15) is 11.1 Å². The van der Waals surface area contributed by atoms with Crippen molar-refractivity contribution in [2.45, 2.75) is 30.5 Å². The Morgan fingerprint density at radius 1 is 1.15 bits per heavy atom. The Kier molecular flexibility index (Phi) is 6.45. The van der Waals surface area contributed by atoms with Crippen molar-refractivity contribution >= 4 is 35.2 Å². The van der Waals surface area contributed by atoms with Gasteiger partial charge in [0.15, 0.2) is 6.04 Å². The molecule has 9 nitrogen and oxygen atoms in total. The van der Waals surface area contributed by atoms with Crippen LogP contribution in [0.2, 0.25) is 0 Å². The third-order valence-corrected chi connectivity index (χ3v) is 6.84. The normalized spacial score (nSPS) is 21.6. The number of nitro groups is 1. The number of nitro benzene ring substituents is 1. The van der Waals surface area contributed by atoms with Crippen molar-refractivity contribution in [3.05, 3.63) is 88.0 Å². The number of thioether (sulfide) groups is 1. The molecule has 2 aliphatic heterocycles. The van der Waals surface area contributed by atoms with Gasteiger partial charge in [-0.2, -0.15) is 0 Å². The SMILES string of the molecule is C=C1CS[C@@H]2[C@H](NC(=O)Cc3ccccc3)C(=O)N2C1C(=O)OCc1ccc([N+](=O)[O-])cc1. The summed E-state index contributed by atoms with van der Waals surface area (Å²) < 4.78 is 5.37. The highest BCUT2D eigenvalue weighted by atomic mass is 32.2. The molecule has 2 aromatic carbocycles. The summed E-state index contributed by atoms with van der Waals surface area (Å²) in [5, 5.41) is 13.2. The molecule has 2 heterocycles. The molecular formula is C23H21N3O6S. The Bertz CT molecular complexity index is 1100. The van der Waals surface area contributed by atoms with Crippen molar-refractivity contribution in [3.8, 4) is 0 Å². The van der Waals surface area contributed by atoms with E-state index in [1.54, 1.807) is 0 Å². The lowest BCUT2D eigenvalue weighted by Crippen LogP contribution is -2.74. The van der Waals surface area contributed by atoms with Gasteiger partial charge in [-0.3, -0.25) is 19.7 Å². The maximum Gasteiger partial charge on any atom is 0.333 e. The van der Waals surface area contributed by atoms with Crippen LogP contribution >= 0.6 is 11.8 Å². The van der Waals surface area contributed by atoms with Gasteiger partial charge >= 0.3 is 5.97 Å². The fourth-order valence-electron chi connectivity index (χ4n) is 3.77. The second-order valence-corrected chi connectivity index (χ2v) is 8.85. The summed E-state index contributed by atoms with van der Waals surface area (Å²) in [4.78, 5) is 49.6. The summed E-state index contributed by atoms with van der Waals surface area (Å²) in [6.45, 7) is 3.83. The first-order valence-electron chi connectivity index (χ1n) is 10.2. The minimum atomic E-state index is -0.927. The molecule has 2 aliphatic rings. The van der Waals surface area contributed by atoms with Crippen LogP contribution in [0.25, 0.3) is 0 Å². The highest BCUT2D eigenvalue weighted by molar-refractivity contribution is 8.00. The lowest BCUT2D eigenvalue weighted by atomic mass is 9.98. The number of non-ortho nitro benzene ring substituents is 1. The van der Waals surface area contributed by atoms with E-state index in [-0.39, 0.29) is 35.9 Å². The van der Waals surface area contributed by atoms with Gasteiger partial charge in [-0.15, -0.1) is 11.8 Å². The standard InChI is InChI=1S/C23H21N3O6S/c1-14-13-33-22-19(24-18(27)11-15-5-3-2-4-6-15)21(28)25(22)20(14)23(29)32-12-16-7-9-17(10-8-16)26(30)31/h2-10,19-20,22H,1,11-13H2,(H,24,27)/t19-,20?,22-/m1/s1. The molecular weight excluding hydrogens is 446 g/mol. The average Bonchev–Trinajstić information content (AvgIpc) is 2.81. The summed E-state index contributed by atoms with van der Waals surface area (Å²) in [5.74, 6) is -0.781. The Balaban J connectivity index is 1.36. The first-order chi connectivity index (χ1) is 15.8. The molecule has 2 aromatic rings. The maximum absolute atomic E-state index is 12.8. The summed E-state index contributed by atoms with van der Waals surface area (Å²) in [6, 6.07) is 13.3. The second-order valence-electron chi connectivity index (χ2n) is 7.75. The highest BCUT2D eigenvalue weighted by Crippen LogP contribution is 2.40. The first-order valence-corrected chi connectivity index (χ1v) is 11.2. The smallest absolute Gasteiger partial charge is 0.333 e. The Hall–Kier alpha value is -3.66. The zero-order valence-corrected chi connectivity index (χ0v) is 18.3. The van der Waals surface area contributed by atoms with Gasteiger partial charge in [0.2, 0.25) is 11.8 Å². The highest BCUT2D eigenvalue weighted by Gasteiger charge is 2.56. The van der Waals surface area contributed by atoms with Crippen molar-refractivity contribution in [1.29, 1.82) is 0 Å². The van der Waals surface area contributed by atoms with Crippen LogP contribution in [0.5, 0.6) is 0 Å². The average molecular weight is 468 g/mol. The predicted octanol–water partition coefficient (Wildman–Crippen LogP) is 2.21. The molecule has 0 aliphatic carbocycles. The quantitative estimate of drug-likeness (QED) is 0.218. The number of carbonyl (C=O) groups excluding carboxylic acids is 3. The molecule has 10 heteroatoms. The van der Waals surface area contributed by atoms with Gasteiger partial charge in [-0.25, -0.2) is 4.79 Å². The zero-order chi connectivity index (χ0) is 23.5. The summed E-state index contributed by atoms with van der Waals surface area (Å²) in [6.07, 6.45) is 0.162. The number of ether oxygens (including phenoxy) is 1. The maximum atomic E-state index is 12.8. The molecule has 2 saturated heterocycles. The van der Waals surface area contributed by atoms with E-state index in [0.717, 1.165) is 5.56 Å². The van der Waals surface area contributed by atoms with Crippen molar-refractivity contribution in [2.75, 3.05) is 5.75 Å². The third kappa shape index (κ3) is 4.75. The Labute approximate surface area is 193 Å². The molecule has 170 valence electrons. The Morgan fingerprint density at radius 3 is 2.52 bits per heavy atom. The van der Waals surface area contributed by atoms with E-state index in [1.165, 1.54) is 40.9 Å². The minimum Gasteiger partial charge on any atom is -0.459 e. The van der Waals surface area contributed by atoms with Crippen molar-refractivity contribution in [1.82, 2.24) is 10.2 Å². The lowest BCUT2D eigenvalue weighted by molar-refractivity contribution is -0.384. The van der Waals surface area contributed by atoms with Crippen molar-refractivity contribution < 1.29 is 24.0 Å². The first kappa shape index (κ1) is 22.5. The number of nitrogens with one attached hydrogen (secondary N) is 1. The van der Waals surface area contributed by atoms with Crippen LogP contribution < -0.4 is 5.32 Å². The summed E-state index contributed by atoms with van der Waals surface area (Å²) >= 11 is 1.44. The molecule has 1 unspecified atom stereocenters. The van der Waals surface area contributed by atoms with Gasteiger partial charge in [0.1, 0.15) is 18.0 Å². The monoisotopic (exact) mass is 467 g/mol. The summed E-state index contributed by atoms with van der Waals surface area (Å²) in [7, 11) is 0. The van der Waals surface area contributed by atoms with Crippen molar-refractivity contribution in [2.24, 2.45) is 0 Å². The van der Waals surface area contributed by atoms with Crippen molar-refractivity contribution in [3.63, 3.8) is 0 Å². The number of hydrogen-bond donors (Lipinski definition) is 1. The van der Waals surface area contributed by atoms with Crippen LogP contribution in [0.3, 0.4) is 0 Å². The molecule has 0 saturated carbocycles. The lowest BCUT2D eigenvalue weighted by Gasteiger charge is -2.52. The molecule has 0 bridgehead atoms. The molecule has 0 radical (unpaired) electrons. The van der Waals surface area contributed by atoms with Crippen LogP contribution in [-0.4, -0.2) is 50.8 Å². The topological polar surface area (TPSA) is 119 Å². The van der Waals surface area contributed by atoms with E-state index < -0.39 is 23.0 Å². The fraction of sp³-hybridized carbons (Fsp3) is 0.261. The largest absolute Gasteiger partial charge is 0.459 e. The van der Waals surface area contributed by atoms with Gasteiger partial charge in [0, 0.05) is 17.9 Å². The molecule has 0 spiro atoms. The second kappa shape index (κ2) is 9.45. The van der Waals surface area contributed by atoms with E-state index in [0.29, 0.717) is 16.9 Å². The predicted molar refractivity (Wildman–Crippen MR) is 121 cm³/mol. The van der Waals surface area contributed by atoms with E-state index in [9.17, 15) is 24.5 Å². The molecule has 1 N–H and O–H groups in total. The van der Waals surface area contributed by atoms with Crippen LogP contribution in [0.4, 0.5) is 5.69 Å². The minimum absolute atomic E-state index is 0.0582. The summed E-state index contributed by atoms with van der Waals surface area (Å²) in [5.41, 5.74) is 1.92. The Morgan fingerprint density at radius 2 is 1.85 bits per heavy atom. The number of rotatable bonds is 7. The van der Waals surface area contributed by atoms with Gasteiger partial charge in [-0.05, 0) is 28.8 Å². The van der Waals surface area contributed by atoms with E-state index in [2.05, 4.69) is 11.9 Å². The fourth-order valence-corrected chi connectivity index (χ4v) is 5.08. The number of β-lactam (4-membered cyclic amide) rings is 1. The van der Waals surface area contributed by atoms with Gasteiger partial charge in [-0.1, -0.05) is 36.9 Å². The number of fused-ring (bicyclic) bond motifs is 1. The number of hydrogen-bond acceptors (Lipinski definition) is 7. The van der Waals surface area contributed by atoms with Gasteiger partial charge in [0.05, 0.1) is 11.3 Å². The number of esters is 1. The number of carbonyl (C=O) groups is 3. The number of benzene rings is 2. The van der Waals surface area contributed by atoms with E-state index in [1.807, 2.05) is 30.3 Å². The molecule has 33 heavy (non-hydrogen) atoms. The van der Waals surface area contributed by atoms with E-state index >= 15 is 0 Å². The number of nitrogens with zero attached hydrogens (tertiary/aromatic N) is 2.